The van der Waals surface area contributed by atoms with Gasteiger partial charge < -0.3 is 4.74 Å². The summed E-state index contributed by atoms with van der Waals surface area (Å²) < 4.78 is 4.36. The van der Waals surface area contributed by atoms with Crippen LogP contribution in [0.4, 0.5) is 0 Å². The van der Waals surface area contributed by atoms with Gasteiger partial charge in [-0.2, -0.15) is 0 Å². The molecule has 0 N–H and O–H groups in total. The van der Waals surface area contributed by atoms with Crippen LogP contribution in [-0.2, 0) is 9.53 Å². The number of hydrogen-bond donors (Lipinski definition) is 0. The molecule has 40 valence electrons. The molecule has 0 heterocycles. The molecule has 0 aliphatic rings. The van der Waals surface area contributed by atoms with Gasteiger partial charge in [0, 0.05) is 6.92 Å². The van der Waals surface area contributed by atoms with Gasteiger partial charge >= 0.3 is 5.97 Å². The van der Waals surface area contributed by atoms with E-state index in [1.165, 1.54) is 13.5 Å². The minimum Gasteiger partial charge on any atom is -0.459 e. The molecule has 2 radical (unpaired) electrons. The van der Waals surface area contributed by atoms with Crippen molar-refractivity contribution < 1.29 is 9.53 Å². The van der Waals surface area contributed by atoms with E-state index in [1.54, 1.807) is 0 Å². The van der Waals surface area contributed by atoms with Crippen LogP contribution in [0.2, 0.25) is 0 Å². The zero-order valence-corrected chi connectivity index (χ0v) is 4.31. The highest BCUT2D eigenvalue weighted by molar-refractivity contribution is 5.66. The highest BCUT2D eigenvalue weighted by Gasteiger charge is 1.86. The van der Waals surface area contributed by atoms with E-state index in [4.69, 9.17) is 0 Å². The summed E-state index contributed by atoms with van der Waals surface area (Å²) in [6.07, 6.45) is 0.527. The molecule has 0 aliphatic carbocycles. The molecular formula is C5H8O2. The molecule has 2 nitrogen and oxygen atoms in total. The lowest BCUT2D eigenvalue weighted by atomic mass is 10.5. The van der Waals surface area contributed by atoms with Gasteiger partial charge in [-0.25, -0.2) is 0 Å². The number of rotatable bonds is 2. The van der Waals surface area contributed by atoms with Crippen LogP contribution < -0.4 is 0 Å². The van der Waals surface area contributed by atoms with Crippen LogP contribution in [0.3, 0.4) is 0 Å². The second kappa shape index (κ2) is 3.65. The molecular weight excluding hydrogens is 92.1 g/mol. The number of ether oxygens (including phenoxy) is 1. The molecule has 0 unspecified atom stereocenters. The van der Waals surface area contributed by atoms with Crippen molar-refractivity contribution in [3.63, 3.8) is 0 Å². The highest BCUT2D eigenvalue weighted by Crippen LogP contribution is 1.85. The Kier molecular flexibility index (Phi) is 3.38. The fraction of sp³-hybridized carbons (Fsp3) is 0.400. The van der Waals surface area contributed by atoms with Crippen molar-refractivity contribution in [2.24, 2.45) is 0 Å². The van der Waals surface area contributed by atoms with E-state index in [9.17, 15) is 4.79 Å². The molecule has 2 heteroatoms. The van der Waals surface area contributed by atoms with E-state index < -0.39 is 0 Å². The number of esters is 1. The first-order valence-corrected chi connectivity index (χ1v) is 2.05. The van der Waals surface area contributed by atoms with Gasteiger partial charge in [0.2, 0.25) is 0 Å². The number of hydrogen-bond acceptors (Lipinski definition) is 2. The monoisotopic (exact) mass is 100 g/mol. The lowest BCUT2D eigenvalue weighted by Crippen LogP contribution is -1.93. The summed E-state index contributed by atoms with van der Waals surface area (Å²) in [5.41, 5.74) is 0. The van der Waals surface area contributed by atoms with Crippen molar-refractivity contribution in [2.75, 3.05) is 0 Å². The Bertz CT molecular complexity index is 59.1. The Morgan fingerprint density at radius 2 is 2.57 bits per heavy atom. The third-order valence-electron chi connectivity index (χ3n) is 0.367. The first kappa shape index (κ1) is 6.47. The van der Waals surface area contributed by atoms with Crippen LogP contribution in [0.15, 0.2) is 0 Å². The van der Waals surface area contributed by atoms with Crippen LogP contribution in [0.25, 0.3) is 0 Å². The lowest BCUT2D eigenvalue weighted by Gasteiger charge is -1.92. The maximum atomic E-state index is 9.92. The van der Waals surface area contributed by atoms with Gasteiger partial charge in [0.15, 0.2) is 0 Å². The molecule has 0 aromatic heterocycles. The Balaban J connectivity index is 2.82. The standard InChI is InChI=1S/C5H8O2/c1-3-4-7-5(2)6/h4H,1,3H2,2H3. The van der Waals surface area contributed by atoms with Crippen molar-refractivity contribution >= 4 is 5.97 Å². The summed E-state index contributed by atoms with van der Waals surface area (Å²) >= 11 is 0. The van der Waals surface area contributed by atoms with Crippen LogP contribution >= 0.6 is 0 Å². The van der Waals surface area contributed by atoms with E-state index in [1.807, 2.05) is 0 Å². The molecule has 0 fully saturated rings. The molecule has 0 aliphatic heterocycles. The van der Waals surface area contributed by atoms with Crippen LogP contribution in [0.1, 0.15) is 13.3 Å². The van der Waals surface area contributed by atoms with Crippen molar-refractivity contribution in [2.45, 2.75) is 13.3 Å². The molecule has 0 saturated heterocycles. The second-order valence-corrected chi connectivity index (χ2v) is 1.06. The average Bonchev–Trinajstić information content (AvgIpc) is 1.61. The fourth-order valence-electron chi connectivity index (χ4n) is 0.176. The van der Waals surface area contributed by atoms with E-state index in [0.717, 1.165) is 0 Å². The van der Waals surface area contributed by atoms with Gasteiger partial charge in [-0.15, -0.1) is 0 Å². The molecule has 0 rings (SSSR count). The van der Waals surface area contributed by atoms with Crippen molar-refractivity contribution in [3.05, 3.63) is 13.5 Å². The SMILES string of the molecule is [CH2]C[CH]OC(C)=O. The molecule has 0 bridgehead atoms. The molecule has 0 aromatic carbocycles. The first-order chi connectivity index (χ1) is 3.27. The summed E-state index contributed by atoms with van der Waals surface area (Å²) in [6.45, 7) is 6.14. The van der Waals surface area contributed by atoms with E-state index >= 15 is 0 Å². The first-order valence-electron chi connectivity index (χ1n) is 2.05. The zero-order valence-electron chi connectivity index (χ0n) is 4.31. The average molecular weight is 100 g/mol. The topological polar surface area (TPSA) is 26.3 Å². The summed E-state index contributed by atoms with van der Waals surface area (Å²) in [6, 6.07) is 0. The zero-order chi connectivity index (χ0) is 5.70. The van der Waals surface area contributed by atoms with E-state index in [0.29, 0.717) is 6.42 Å². The van der Waals surface area contributed by atoms with E-state index in [2.05, 4.69) is 11.7 Å². The van der Waals surface area contributed by atoms with Gasteiger partial charge in [0.05, 0.1) is 0 Å². The van der Waals surface area contributed by atoms with Crippen LogP contribution in [0, 0.1) is 13.5 Å². The summed E-state index contributed by atoms with van der Waals surface area (Å²) in [5.74, 6) is -0.288. The van der Waals surface area contributed by atoms with Gasteiger partial charge in [-0.1, -0.05) is 0 Å². The smallest absolute Gasteiger partial charge is 0.303 e. The maximum Gasteiger partial charge on any atom is 0.303 e. The van der Waals surface area contributed by atoms with Crippen LogP contribution in [-0.4, -0.2) is 5.97 Å². The second-order valence-electron chi connectivity index (χ2n) is 1.06. The predicted molar refractivity (Wildman–Crippen MR) is 26.0 cm³/mol. The maximum absolute atomic E-state index is 9.92. The molecule has 7 heavy (non-hydrogen) atoms. The molecule has 0 atom stereocenters. The lowest BCUT2D eigenvalue weighted by molar-refractivity contribution is -0.137. The van der Waals surface area contributed by atoms with Crippen molar-refractivity contribution in [1.82, 2.24) is 0 Å². The Morgan fingerprint density at radius 1 is 2.00 bits per heavy atom. The fourth-order valence-corrected chi connectivity index (χ4v) is 0.176. The largest absolute Gasteiger partial charge is 0.459 e. The normalized spacial score (nSPS) is 8.29. The summed E-state index contributed by atoms with van der Waals surface area (Å²) in [5, 5.41) is 0. The Hall–Kier alpha value is -0.530. The van der Waals surface area contributed by atoms with Crippen LogP contribution in [0.5, 0.6) is 0 Å². The van der Waals surface area contributed by atoms with Crippen molar-refractivity contribution in [1.29, 1.82) is 0 Å². The number of carbonyl (C=O) groups excluding carboxylic acids is 1. The van der Waals surface area contributed by atoms with Gasteiger partial charge in [0.25, 0.3) is 0 Å². The van der Waals surface area contributed by atoms with Crippen molar-refractivity contribution in [3.8, 4) is 0 Å². The minimum absolute atomic E-state index is 0.288. The molecule has 0 amide bonds. The third kappa shape index (κ3) is 5.47. The minimum atomic E-state index is -0.288. The highest BCUT2D eigenvalue weighted by atomic mass is 16.5. The molecule has 0 spiro atoms. The Labute approximate surface area is 43.5 Å². The predicted octanol–water partition coefficient (Wildman–Crippen LogP) is 0.935. The Morgan fingerprint density at radius 3 is 2.71 bits per heavy atom. The third-order valence-corrected chi connectivity index (χ3v) is 0.367. The van der Waals surface area contributed by atoms with E-state index in [-0.39, 0.29) is 5.97 Å². The number of carbonyl (C=O) groups is 1. The van der Waals surface area contributed by atoms with Gasteiger partial charge in [0.1, 0.15) is 6.61 Å². The summed E-state index contributed by atoms with van der Waals surface area (Å²) in [7, 11) is 0. The van der Waals surface area contributed by atoms with Gasteiger partial charge in [-0.3, -0.25) is 4.79 Å². The quantitative estimate of drug-likeness (QED) is 0.482. The summed E-state index contributed by atoms with van der Waals surface area (Å²) in [4.78, 5) is 9.92. The molecule has 0 saturated carbocycles. The van der Waals surface area contributed by atoms with Gasteiger partial charge in [-0.05, 0) is 13.3 Å². The molecule has 0 aromatic rings.